The molecule has 1 fully saturated rings. The number of nitrogens with two attached hydrogens (primary N) is 1. The van der Waals surface area contributed by atoms with Gasteiger partial charge in [-0.2, -0.15) is 16.7 Å². The zero-order valence-electron chi connectivity index (χ0n) is 12.1. The number of nitrogen functional groups attached to an aromatic ring is 1. The molecule has 0 bridgehead atoms. The second-order valence-electron chi connectivity index (χ2n) is 4.73. The van der Waals surface area contributed by atoms with Gasteiger partial charge in [-0.1, -0.05) is 0 Å². The van der Waals surface area contributed by atoms with Crippen LogP contribution in [0, 0.1) is 0 Å². The number of hydrogen-bond acceptors (Lipinski definition) is 7. The van der Waals surface area contributed by atoms with E-state index < -0.39 is 0 Å². The highest BCUT2D eigenvalue weighted by atomic mass is 32.2. The van der Waals surface area contributed by atoms with E-state index in [1.807, 2.05) is 23.9 Å². The number of anilines is 2. The number of rotatable bonds is 3. The molecular formula is C14H18N4O2S. The number of nitrogens with zero attached hydrogens (tertiary/aromatic N) is 3. The van der Waals surface area contributed by atoms with E-state index in [1.165, 1.54) is 0 Å². The molecule has 1 aromatic heterocycles. The molecule has 0 spiro atoms. The summed E-state index contributed by atoms with van der Waals surface area (Å²) in [5.41, 5.74) is 6.87. The molecule has 6 nitrogen and oxygen atoms in total. The molecule has 0 aliphatic carbocycles. The molecule has 1 aliphatic rings. The average molecular weight is 306 g/mol. The van der Waals surface area contributed by atoms with Gasteiger partial charge in [-0.3, -0.25) is 0 Å². The van der Waals surface area contributed by atoms with E-state index in [0.717, 1.165) is 35.5 Å². The van der Waals surface area contributed by atoms with E-state index in [2.05, 4.69) is 14.9 Å². The van der Waals surface area contributed by atoms with Crippen LogP contribution in [0.1, 0.15) is 0 Å². The molecule has 0 radical (unpaired) electrons. The fraction of sp³-hybridized carbons (Fsp3) is 0.429. The first-order chi connectivity index (χ1) is 10.2. The Labute approximate surface area is 127 Å². The summed E-state index contributed by atoms with van der Waals surface area (Å²) >= 11 is 1.95. The monoisotopic (exact) mass is 306 g/mol. The lowest BCUT2D eigenvalue weighted by Gasteiger charge is -2.26. The summed E-state index contributed by atoms with van der Waals surface area (Å²) in [5.74, 6) is 4.60. The van der Waals surface area contributed by atoms with Crippen molar-refractivity contribution >= 4 is 34.4 Å². The number of aromatic nitrogens is 2. The van der Waals surface area contributed by atoms with Crippen LogP contribution in [-0.4, -0.2) is 48.8 Å². The molecule has 2 aromatic rings. The lowest BCUT2D eigenvalue weighted by molar-refractivity contribution is 0.356. The summed E-state index contributed by atoms with van der Waals surface area (Å²) in [6, 6.07) is 3.66. The Bertz CT molecular complexity index is 659. The number of fused-ring (bicyclic) bond motifs is 1. The SMILES string of the molecule is COc1cc2nc(N3CCSCC3)nc(N)c2cc1OC. The maximum absolute atomic E-state index is 6.10. The van der Waals surface area contributed by atoms with Crippen LogP contribution in [0.25, 0.3) is 10.9 Å². The quantitative estimate of drug-likeness (QED) is 0.926. The van der Waals surface area contributed by atoms with Crippen LogP contribution in [0.4, 0.5) is 11.8 Å². The summed E-state index contributed by atoms with van der Waals surface area (Å²) in [6.07, 6.45) is 0. The third-order valence-corrected chi connectivity index (χ3v) is 4.46. The van der Waals surface area contributed by atoms with E-state index in [9.17, 15) is 0 Å². The van der Waals surface area contributed by atoms with Gasteiger partial charge >= 0.3 is 0 Å². The number of hydrogen-bond donors (Lipinski definition) is 1. The molecule has 3 rings (SSSR count). The molecule has 0 atom stereocenters. The van der Waals surface area contributed by atoms with Crippen LogP contribution < -0.4 is 20.1 Å². The average Bonchev–Trinajstić information content (AvgIpc) is 2.54. The van der Waals surface area contributed by atoms with Crippen molar-refractivity contribution < 1.29 is 9.47 Å². The van der Waals surface area contributed by atoms with Crippen molar-refractivity contribution in [2.45, 2.75) is 0 Å². The molecule has 112 valence electrons. The van der Waals surface area contributed by atoms with Crippen LogP contribution >= 0.6 is 11.8 Å². The van der Waals surface area contributed by atoms with Crippen molar-refractivity contribution in [1.82, 2.24) is 9.97 Å². The maximum Gasteiger partial charge on any atom is 0.227 e. The molecule has 21 heavy (non-hydrogen) atoms. The van der Waals surface area contributed by atoms with Crippen LogP contribution in [0.2, 0.25) is 0 Å². The summed E-state index contributed by atoms with van der Waals surface area (Å²) in [7, 11) is 3.21. The lowest BCUT2D eigenvalue weighted by atomic mass is 10.2. The zero-order valence-corrected chi connectivity index (χ0v) is 12.9. The van der Waals surface area contributed by atoms with Gasteiger partial charge < -0.3 is 20.1 Å². The Morgan fingerprint density at radius 2 is 1.76 bits per heavy atom. The number of benzene rings is 1. The molecule has 0 saturated carbocycles. The van der Waals surface area contributed by atoms with Crippen LogP contribution in [0.15, 0.2) is 12.1 Å². The lowest BCUT2D eigenvalue weighted by Crippen LogP contribution is -2.34. The predicted octanol–water partition coefficient (Wildman–Crippen LogP) is 1.78. The van der Waals surface area contributed by atoms with Gasteiger partial charge in [0.2, 0.25) is 5.95 Å². The van der Waals surface area contributed by atoms with Crippen LogP contribution in [-0.2, 0) is 0 Å². The molecule has 7 heteroatoms. The first-order valence-corrected chi connectivity index (χ1v) is 7.90. The Morgan fingerprint density at radius 1 is 1.10 bits per heavy atom. The molecular weight excluding hydrogens is 288 g/mol. The van der Waals surface area contributed by atoms with Crippen molar-refractivity contribution in [2.24, 2.45) is 0 Å². The standard InChI is InChI=1S/C14H18N4O2S/c1-19-11-7-9-10(8-12(11)20-2)16-14(17-13(9)15)18-3-5-21-6-4-18/h7-8H,3-6H2,1-2H3,(H2,15,16,17). The fourth-order valence-electron chi connectivity index (χ4n) is 2.37. The Morgan fingerprint density at radius 3 is 2.43 bits per heavy atom. The maximum atomic E-state index is 6.10. The summed E-state index contributed by atoms with van der Waals surface area (Å²) in [6.45, 7) is 1.89. The Hall–Kier alpha value is -1.89. The van der Waals surface area contributed by atoms with Crippen LogP contribution in [0.3, 0.4) is 0 Å². The van der Waals surface area contributed by atoms with Crippen molar-refractivity contribution in [3.05, 3.63) is 12.1 Å². The Kier molecular flexibility index (Phi) is 3.92. The van der Waals surface area contributed by atoms with E-state index in [-0.39, 0.29) is 0 Å². The van der Waals surface area contributed by atoms with Crippen molar-refractivity contribution in [3.63, 3.8) is 0 Å². The van der Waals surface area contributed by atoms with Crippen molar-refractivity contribution in [2.75, 3.05) is 49.4 Å². The van der Waals surface area contributed by atoms with Gasteiger partial charge in [0, 0.05) is 36.0 Å². The van der Waals surface area contributed by atoms with Gasteiger partial charge in [0.1, 0.15) is 5.82 Å². The van der Waals surface area contributed by atoms with Crippen LogP contribution in [0.5, 0.6) is 11.5 Å². The second-order valence-corrected chi connectivity index (χ2v) is 5.96. The van der Waals surface area contributed by atoms with Gasteiger partial charge in [0.15, 0.2) is 11.5 Å². The summed E-state index contributed by atoms with van der Waals surface area (Å²) < 4.78 is 10.6. The second kappa shape index (κ2) is 5.85. The Balaban J connectivity index is 2.09. The van der Waals surface area contributed by atoms with Gasteiger partial charge in [0.25, 0.3) is 0 Å². The van der Waals surface area contributed by atoms with Gasteiger partial charge in [-0.25, -0.2) is 4.98 Å². The minimum Gasteiger partial charge on any atom is -0.493 e. The largest absolute Gasteiger partial charge is 0.493 e. The predicted molar refractivity (Wildman–Crippen MR) is 86.6 cm³/mol. The molecule has 0 unspecified atom stereocenters. The molecule has 2 N–H and O–H groups in total. The van der Waals surface area contributed by atoms with Crippen molar-refractivity contribution in [1.29, 1.82) is 0 Å². The minimum absolute atomic E-state index is 0.467. The van der Waals surface area contributed by atoms with E-state index >= 15 is 0 Å². The first-order valence-electron chi connectivity index (χ1n) is 6.75. The molecule has 1 aromatic carbocycles. The van der Waals surface area contributed by atoms with Crippen molar-refractivity contribution in [3.8, 4) is 11.5 Å². The fourth-order valence-corrected chi connectivity index (χ4v) is 3.27. The first kappa shape index (κ1) is 14.1. The third-order valence-electron chi connectivity index (χ3n) is 3.51. The summed E-state index contributed by atoms with van der Waals surface area (Å²) in [4.78, 5) is 11.2. The smallest absolute Gasteiger partial charge is 0.227 e. The topological polar surface area (TPSA) is 73.5 Å². The number of thioether (sulfide) groups is 1. The van der Waals surface area contributed by atoms with Gasteiger partial charge in [0.05, 0.1) is 19.7 Å². The van der Waals surface area contributed by atoms with E-state index in [0.29, 0.717) is 23.3 Å². The minimum atomic E-state index is 0.467. The van der Waals surface area contributed by atoms with E-state index in [4.69, 9.17) is 15.2 Å². The third kappa shape index (κ3) is 2.65. The highest BCUT2D eigenvalue weighted by Crippen LogP contribution is 2.34. The highest BCUT2D eigenvalue weighted by molar-refractivity contribution is 7.99. The number of methoxy groups -OCH3 is 2. The molecule has 2 heterocycles. The molecule has 1 saturated heterocycles. The normalized spacial score (nSPS) is 15.2. The van der Waals surface area contributed by atoms with Gasteiger partial charge in [-0.05, 0) is 6.07 Å². The van der Waals surface area contributed by atoms with Gasteiger partial charge in [-0.15, -0.1) is 0 Å². The number of ether oxygens (including phenoxy) is 2. The van der Waals surface area contributed by atoms with E-state index in [1.54, 1.807) is 14.2 Å². The molecule has 0 amide bonds. The highest BCUT2D eigenvalue weighted by Gasteiger charge is 2.17. The summed E-state index contributed by atoms with van der Waals surface area (Å²) in [5, 5.41) is 0.780. The molecule has 1 aliphatic heterocycles. The zero-order chi connectivity index (χ0) is 14.8.